The monoisotopic (exact) mass is 382 g/mol. The second-order valence-corrected chi connectivity index (χ2v) is 6.74. The number of carbonyl (C=O) groups is 1. The lowest BCUT2D eigenvalue weighted by Crippen LogP contribution is -2.14. The number of rotatable bonds is 6. The molecule has 0 fully saturated rings. The largest absolute Gasteiger partial charge is 0.489 e. The molecule has 0 radical (unpaired) electrons. The van der Waals surface area contributed by atoms with Crippen molar-refractivity contribution in [1.82, 2.24) is 0 Å². The number of hydrogen-bond acceptors (Lipinski definition) is 3. The van der Waals surface area contributed by atoms with E-state index in [1.54, 1.807) is 12.2 Å². The van der Waals surface area contributed by atoms with E-state index in [0.717, 1.165) is 21.9 Å². The molecule has 3 aromatic rings. The number of carbonyl (C=O) groups excluding carboxylic acids is 1. The second-order valence-electron chi connectivity index (χ2n) is 6.74. The summed E-state index contributed by atoms with van der Waals surface area (Å²) in [5.74, 6) is 0.137. The van der Waals surface area contributed by atoms with Crippen molar-refractivity contribution in [3.8, 4) is 11.8 Å². The molecular weight excluding hydrogens is 360 g/mol. The fourth-order valence-electron chi connectivity index (χ4n) is 3.14. The van der Waals surface area contributed by atoms with Crippen molar-refractivity contribution in [2.45, 2.75) is 13.8 Å². The maximum absolute atomic E-state index is 12.8. The molecule has 0 aliphatic rings. The Morgan fingerprint density at radius 3 is 2.69 bits per heavy atom. The van der Waals surface area contributed by atoms with Crippen LogP contribution in [0.5, 0.6) is 5.75 Å². The van der Waals surface area contributed by atoms with Crippen LogP contribution in [0.25, 0.3) is 16.8 Å². The average Bonchev–Trinajstić information content (AvgIpc) is 2.72. The minimum atomic E-state index is -0.456. The first kappa shape index (κ1) is 19.9. The van der Waals surface area contributed by atoms with Crippen LogP contribution in [0.4, 0.5) is 5.69 Å². The molecule has 0 heterocycles. The number of hydrogen-bond donors (Lipinski definition) is 1. The number of amides is 1. The fourth-order valence-corrected chi connectivity index (χ4v) is 3.14. The number of nitriles is 1. The first-order chi connectivity index (χ1) is 14.0. The van der Waals surface area contributed by atoms with Gasteiger partial charge in [0, 0.05) is 11.3 Å². The summed E-state index contributed by atoms with van der Waals surface area (Å²) >= 11 is 0. The highest BCUT2D eigenvalue weighted by Gasteiger charge is 2.14. The van der Waals surface area contributed by atoms with Crippen molar-refractivity contribution < 1.29 is 9.53 Å². The Morgan fingerprint density at radius 1 is 1.17 bits per heavy atom. The number of nitrogens with zero attached hydrogens (tertiary/aromatic N) is 1. The van der Waals surface area contributed by atoms with Crippen molar-refractivity contribution in [2.24, 2.45) is 0 Å². The van der Waals surface area contributed by atoms with E-state index in [4.69, 9.17) is 4.74 Å². The van der Waals surface area contributed by atoms with E-state index >= 15 is 0 Å². The summed E-state index contributed by atoms with van der Waals surface area (Å²) in [4.78, 5) is 12.8. The standard InChI is InChI=1S/C25H22N2O2/c1-4-13-29-24-12-10-19-7-5-6-8-21(19)22(24)15-20(16-26)25(28)27-23-11-9-17(2)14-18(23)3/h4-12,14-15H,1,13H2,2-3H3,(H,27,28)/b20-15+. The van der Waals surface area contributed by atoms with Crippen LogP contribution in [0.3, 0.4) is 0 Å². The molecule has 4 nitrogen and oxygen atoms in total. The van der Waals surface area contributed by atoms with Gasteiger partial charge in [-0.25, -0.2) is 0 Å². The Morgan fingerprint density at radius 2 is 1.97 bits per heavy atom. The molecule has 29 heavy (non-hydrogen) atoms. The van der Waals surface area contributed by atoms with Gasteiger partial charge in [0.05, 0.1) is 0 Å². The number of fused-ring (bicyclic) bond motifs is 1. The summed E-state index contributed by atoms with van der Waals surface area (Å²) in [7, 11) is 0. The average molecular weight is 382 g/mol. The predicted octanol–water partition coefficient (Wildman–Crippen LogP) is 5.57. The lowest BCUT2D eigenvalue weighted by Gasteiger charge is -2.12. The molecule has 0 saturated heterocycles. The first-order valence-corrected chi connectivity index (χ1v) is 9.29. The second kappa shape index (κ2) is 8.90. The van der Waals surface area contributed by atoms with E-state index in [1.165, 1.54) is 0 Å². The SMILES string of the molecule is C=CCOc1ccc2ccccc2c1/C=C(\C#N)C(=O)Nc1ccc(C)cc1C. The molecular formula is C25H22N2O2. The summed E-state index contributed by atoms with van der Waals surface area (Å²) < 4.78 is 5.77. The highest BCUT2D eigenvalue weighted by Crippen LogP contribution is 2.30. The molecule has 0 spiro atoms. The van der Waals surface area contributed by atoms with Gasteiger partial charge in [0.25, 0.3) is 5.91 Å². The Hall–Kier alpha value is -3.84. The van der Waals surface area contributed by atoms with Crippen LogP contribution in [-0.4, -0.2) is 12.5 Å². The Kier molecular flexibility index (Phi) is 6.11. The number of benzene rings is 3. The number of ether oxygens (including phenoxy) is 1. The highest BCUT2D eigenvalue weighted by molar-refractivity contribution is 6.11. The smallest absolute Gasteiger partial charge is 0.266 e. The number of nitrogens with one attached hydrogen (secondary N) is 1. The zero-order valence-corrected chi connectivity index (χ0v) is 16.5. The summed E-state index contributed by atoms with van der Waals surface area (Å²) in [6, 6.07) is 19.3. The van der Waals surface area contributed by atoms with Crippen LogP contribution in [0, 0.1) is 25.2 Å². The van der Waals surface area contributed by atoms with E-state index in [9.17, 15) is 10.1 Å². The van der Waals surface area contributed by atoms with Crippen molar-refractivity contribution in [3.05, 3.63) is 89.5 Å². The molecule has 0 aliphatic carbocycles. The third kappa shape index (κ3) is 4.53. The maximum atomic E-state index is 12.8. The molecule has 3 aromatic carbocycles. The zero-order valence-electron chi connectivity index (χ0n) is 16.5. The predicted molar refractivity (Wildman–Crippen MR) is 118 cm³/mol. The molecule has 1 amide bonds. The van der Waals surface area contributed by atoms with Gasteiger partial charge < -0.3 is 10.1 Å². The molecule has 144 valence electrons. The molecule has 0 unspecified atom stereocenters. The summed E-state index contributed by atoms with van der Waals surface area (Å²) in [6.07, 6.45) is 3.24. The molecule has 3 rings (SSSR count). The minimum absolute atomic E-state index is 0.00443. The van der Waals surface area contributed by atoms with E-state index in [-0.39, 0.29) is 5.57 Å². The van der Waals surface area contributed by atoms with Crippen molar-refractivity contribution in [3.63, 3.8) is 0 Å². The lowest BCUT2D eigenvalue weighted by molar-refractivity contribution is -0.112. The van der Waals surface area contributed by atoms with E-state index in [0.29, 0.717) is 23.6 Å². The molecule has 0 aromatic heterocycles. The Labute approximate surface area is 170 Å². The van der Waals surface area contributed by atoms with Crippen molar-refractivity contribution in [2.75, 3.05) is 11.9 Å². The van der Waals surface area contributed by atoms with Gasteiger partial charge in [0.15, 0.2) is 0 Å². The van der Waals surface area contributed by atoms with E-state index in [2.05, 4.69) is 11.9 Å². The topological polar surface area (TPSA) is 62.1 Å². The van der Waals surface area contributed by atoms with Crippen LogP contribution >= 0.6 is 0 Å². The van der Waals surface area contributed by atoms with E-state index in [1.807, 2.05) is 74.5 Å². The third-order valence-electron chi connectivity index (χ3n) is 4.57. The Balaban J connectivity index is 2.03. The van der Waals surface area contributed by atoms with Crippen molar-refractivity contribution in [1.29, 1.82) is 5.26 Å². The van der Waals surface area contributed by atoms with Gasteiger partial charge in [-0.05, 0) is 48.4 Å². The van der Waals surface area contributed by atoms with Gasteiger partial charge in [0.2, 0.25) is 0 Å². The van der Waals surface area contributed by atoms with E-state index < -0.39 is 5.91 Å². The summed E-state index contributed by atoms with van der Waals surface area (Å²) in [5, 5.41) is 14.4. The normalized spacial score (nSPS) is 11.0. The molecule has 4 heteroatoms. The van der Waals surface area contributed by atoms with Gasteiger partial charge in [0.1, 0.15) is 24.0 Å². The third-order valence-corrected chi connectivity index (χ3v) is 4.57. The summed E-state index contributed by atoms with van der Waals surface area (Å²) in [5.41, 5.74) is 3.43. The quantitative estimate of drug-likeness (QED) is 0.344. The highest BCUT2D eigenvalue weighted by atomic mass is 16.5. The molecule has 0 aliphatic heterocycles. The van der Waals surface area contributed by atoms with Gasteiger partial charge >= 0.3 is 0 Å². The molecule has 0 atom stereocenters. The molecule has 0 bridgehead atoms. The number of aryl methyl sites for hydroxylation is 2. The van der Waals surface area contributed by atoms with Gasteiger partial charge in [-0.1, -0.05) is 60.7 Å². The minimum Gasteiger partial charge on any atom is -0.489 e. The van der Waals surface area contributed by atoms with Crippen LogP contribution in [0.2, 0.25) is 0 Å². The van der Waals surface area contributed by atoms with Gasteiger partial charge in [-0.2, -0.15) is 5.26 Å². The first-order valence-electron chi connectivity index (χ1n) is 9.29. The summed E-state index contributed by atoms with van der Waals surface area (Å²) in [6.45, 7) is 7.92. The van der Waals surface area contributed by atoms with Gasteiger partial charge in [-0.15, -0.1) is 0 Å². The van der Waals surface area contributed by atoms with Crippen LogP contribution in [-0.2, 0) is 4.79 Å². The van der Waals surface area contributed by atoms with Crippen molar-refractivity contribution >= 4 is 28.4 Å². The zero-order chi connectivity index (χ0) is 20.8. The number of anilines is 1. The fraction of sp³-hybridized carbons (Fsp3) is 0.120. The van der Waals surface area contributed by atoms with Crippen LogP contribution in [0.15, 0.2) is 72.8 Å². The van der Waals surface area contributed by atoms with Gasteiger partial charge in [-0.3, -0.25) is 4.79 Å². The van der Waals surface area contributed by atoms with Crippen LogP contribution < -0.4 is 10.1 Å². The maximum Gasteiger partial charge on any atom is 0.266 e. The molecule has 1 N–H and O–H groups in total. The Bertz CT molecular complexity index is 1150. The van der Waals surface area contributed by atoms with Crippen LogP contribution in [0.1, 0.15) is 16.7 Å². The lowest BCUT2D eigenvalue weighted by atomic mass is 10.0. The molecule has 0 saturated carbocycles.